The maximum Gasteiger partial charge on any atom is 0.256 e. The number of H-pyrrole nitrogens is 1. The number of ether oxygens (including phenoxy) is 2. The van der Waals surface area contributed by atoms with E-state index < -0.39 is 5.54 Å². The molecule has 7 heteroatoms. The van der Waals surface area contributed by atoms with Crippen LogP contribution in [-0.4, -0.2) is 31.0 Å². The fourth-order valence-corrected chi connectivity index (χ4v) is 4.48. The zero-order valence-corrected chi connectivity index (χ0v) is 18.3. The van der Waals surface area contributed by atoms with Crippen LogP contribution in [0, 0.1) is 0 Å². The van der Waals surface area contributed by atoms with Crippen LogP contribution in [0.5, 0.6) is 11.5 Å². The predicted molar refractivity (Wildman–Crippen MR) is 127 cm³/mol. The van der Waals surface area contributed by atoms with Crippen molar-refractivity contribution in [1.29, 1.82) is 0 Å². The average molecular weight is 441 g/mol. The van der Waals surface area contributed by atoms with Crippen LogP contribution >= 0.6 is 0 Å². The third-order valence-electron chi connectivity index (χ3n) is 6.09. The number of carbonyl (C=O) groups excluding carboxylic acids is 2. The summed E-state index contributed by atoms with van der Waals surface area (Å²) in [4.78, 5) is 31.8. The van der Waals surface area contributed by atoms with E-state index in [4.69, 9.17) is 9.47 Å². The van der Waals surface area contributed by atoms with Gasteiger partial charge in [-0.3, -0.25) is 14.5 Å². The number of hydrogen-bond acceptors (Lipinski definition) is 4. The van der Waals surface area contributed by atoms with Crippen molar-refractivity contribution >= 4 is 34.1 Å². The third kappa shape index (κ3) is 3.29. The van der Waals surface area contributed by atoms with Crippen LogP contribution in [0.4, 0.5) is 11.4 Å². The molecule has 7 nitrogen and oxygen atoms in total. The minimum absolute atomic E-state index is 0.0435. The number of amides is 2. The van der Waals surface area contributed by atoms with Crippen molar-refractivity contribution in [2.75, 3.05) is 24.4 Å². The molecule has 0 radical (unpaired) electrons. The van der Waals surface area contributed by atoms with E-state index >= 15 is 0 Å². The number of fused-ring (bicyclic) bond motifs is 1. The lowest BCUT2D eigenvalue weighted by Gasteiger charge is -2.50. The summed E-state index contributed by atoms with van der Waals surface area (Å²) >= 11 is 0. The molecule has 0 saturated carbocycles. The summed E-state index contributed by atoms with van der Waals surface area (Å²) in [6, 6.07) is 22.1. The van der Waals surface area contributed by atoms with Gasteiger partial charge in [0.15, 0.2) is 5.54 Å². The summed E-state index contributed by atoms with van der Waals surface area (Å²) in [5.41, 5.74) is 1.58. The van der Waals surface area contributed by atoms with Gasteiger partial charge in [-0.1, -0.05) is 30.3 Å². The highest BCUT2D eigenvalue weighted by molar-refractivity contribution is 6.18. The van der Waals surface area contributed by atoms with Crippen molar-refractivity contribution in [1.82, 2.24) is 4.98 Å². The molecule has 5 rings (SSSR count). The third-order valence-corrected chi connectivity index (χ3v) is 6.09. The van der Waals surface area contributed by atoms with Gasteiger partial charge in [0.25, 0.3) is 5.91 Å². The second-order valence-electron chi connectivity index (χ2n) is 7.90. The standard InChI is InChI=1S/C26H23N3O4/c1-32-19-9-5-7-17(13-19)28-25(31)26(22-16-27-23-12-4-3-11-21(22)23)15-24(30)29(26)18-8-6-10-20(14-18)33-2/h3-14,16,27H,15H2,1-2H3,(H,28,31). The molecule has 3 aromatic carbocycles. The molecule has 1 saturated heterocycles. The average Bonchev–Trinajstić information content (AvgIpc) is 3.26. The summed E-state index contributed by atoms with van der Waals surface area (Å²) in [7, 11) is 3.14. The largest absolute Gasteiger partial charge is 0.497 e. The first-order chi connectivity index (χ1) is 16.1. The van der Waals surface area contributed by atoms with E-state index in [9.17, 15) is 9.59 Å². The Morgan fingerprint density at radius 1 is 0.970 bits per heavy atom. The van der Waals surface area contributed by atoms with Gasteiger partial charge >= 0.3 is 0 Å². The molecule has 2 amide bonds. The Labute approximate surface area is 190 Å². The van der Waals surface area contributed by atoms with Crippen LogP contribution in [0.1, 0.15) is 12.0 Å². The Morgan fingerprint density at radius 3 is 2.45 bits per heavy atom. The van der Waals surface area contributed by atoms with Gasteiger partial charge in [0.1, 0.15) is 11.5 Å². The lowest BCUT2D eigenvalue weighted by molar-refractivity contribution is -0.137. The quantitative estimate of drug-likeness (QED) is 0.433. The van der Waals surface area contributed by atoms with Gasteiger partial charge < -0.3 is 19.8 Å². The first kappa shape index (κ1) is 20.6. The molecule has 0 aliphatic carbocycles. The number of rotatable bonds is 6. The van der Waals surface area contributed by atoms with E-state index in [1.807, 2.05) is 36.5 Å². The zero-order valence-electron chi connectivity index (χ0n) is 18.3. The van der Waals surface area contributed by atoms with Crippen molar-refractivity contribution in [3.8, 4) is 11.5 Å². The molecule has 2 N–H and O–H groups in total. The van der Waals surface area contributed by atoms with Gasteiger partial charge in [-0.25, -0.2) is 0 Å². The minimum atomic E-state index is -1.23. The molecule has 1 aliphatic rings. The van der Waals surface area contributed by atoms with Crippen molar-refractivity contribution in [2.45, 2.75) is 12.0 Å². The monoisotopic (exact) mass is 441 g/mol. The summed E-state index contributed by atoms with van der Waals surface area (Å²) in [6.45, 7) is 0. The number of carbonyl (C=O) groups is 2. The second kappa shape index (κ2) is 8.02. The summed E-state index contributed by atoms with van der Waals surface area (Å²) in [5.74, 6) is 0.786. The molecule has 1 fully saturated rings. The highest BCUT2D eigenvalue weighted by Gasteiger charge is 2.59. The van der Waals surface area contributed by atoms with Crippen LogP contribution in [0.15, 0.2) is 79.0 Å². The number of aromatic nitrogens is 1. The van der Waals surface area contributed by atoms with E-state index in [-0.39, 0.29) is 18.2 Å². The van der Waals surface area contributed by atoms with Crippen LogP contribution < -0.4 is 19.7 Å². The fraction of sp³-hybridized carbons (Fsp3) is 0.154. The van der Waals surface area contributed by atoms with Gasteiger partial charge in [0.2, 0.25) is 5.91 Å². The van der Waals surface area contributed by atoms with Crippen LogP contribution in [0.25, 0.3) is 10.9 Å². The van der Waals surface area contributed by atoms with Crippen LogP contribution in [-0.2, 0) is 15.1 Å². The Bertz CT molecular complexity index is 1360. The van der Waals surface area contributed by atoms with Crippen molar-refractivity contribution in [2.24, 2.45) is 0 Å². The van der Waals surface area contributed by atoms with E-state index in [1.54, 1.807) is 61.6 Å². The van der Waals surface area contributed by atoms with Gasteiger partial charge in [0.05, 0.1) is 20.6 Å². The second-order valence-corrected chi connectivity index (χ2v) is 7.90. The highest BCUT2D eigenvalue weighted by Crippen LogP contribution is 2.48. The smallest absolute Gasteiger partial charge is 0.256 e. The maximum absolute atomic E-state index is 14.0. The molecular formula is C26H23N3O4. The molecule has 166 valence electrons. The van der Waals surface area contributed by atoms with Crippen molar-refractivity contribution in [3.63, 3.8) is 0 Å². The van der Waals surface area contributed by atoms with Gasteiger partial charge in [0, 0.05) is 46.2 Å². The number of benzene rings is 3. The number of β-lactam (4-membered cyclic amide) rings is 1. The topological polar surface area (TPSA) is 83.7 Å². The molecule has 0 bridgehead atoms. The Hall–Kier alpha value is -4.26. The number of nitrogens with zero attached hydrogens (tertiary/aromatic N) is 1. The molecule has 1 aromatic heterocycles. The van der Waals surface area contributed by atoms with Crippen molar-refractivity contribution in [3.05, 3.63) is 84.6 Å². The van der Waals surface area contributed by atoms with Gasteiger partial charge in [-0.2, -0.15) is 0 Å². The molecule has 2 heterocycles. The molecule has 4 aromatic rings. The Morgan fingerprint density at radius 2 is 1.70 bits per heavy atom. The fourth-order valence-electron chi connectivity index (χ4n) is 4.48. The molecule has 0 spiro atoms. The number of aromatic amines is 1. The van der Waals surface area contributed by atoms with E-state index in [2.05, 4.69) is 10.3 Å². The summed E-state index contributed by atoms with van der Waals surface area (Å²) < 4.78 is 10.7. The summed E-state index contributed by atoms with van der Waals surface area (Å²) in [6.07, 6.45) is 1.86. The van der Waals surface area contributed by atoms with E-state index in [1.165, 1.54) is 0 Å². The lowest BCUT2D eigenvalue weighted by Crippen LogP contribution is -2.67. The van der Waals surface area contributed by atoms with E-state index in [0.717, 1.165) is 16.5 Å². The first-order valence-corrected chi connectivity index (χ1v) is 10.6. The molecule has 1 unspecified atom stereocenters. The molecule has 33 heavy (non-hydrogen) atoms. The zero-order chi connectivity index (χ0) is 23.0. The normalized spacial score (nSPS) is 17.5. The minimum Gasteiger partial charge on any atom is -0.497 e. The van der Waals surface area contributed by atoms with Gasteiger partial charge in [-0.05, 0) is 30.3 Å². The van der Waals surface area contributed by atoms with E-state index in [0.29, 0.717) is 22.9 Å². The number of hydrogen-bond donors (Lipinski definition) is 2. The number of nitrogens with one attached hydrogen (secondary N) is 2. The Balaban J connectivity index is 1.65. The molecule has 1 atom stereocenters. The lowest BCUT2D eigenvalue weighted by atomic mass is 9.75. The highest BCUT2D eigenvalue weighted by atomic mass is 16.5. The number of methoxy groups -OCH3 is 2. The van der Waals surface area contributed by atoms with Crippen LogP contribution in [0.2, 0.25) is 0 Å². The molecule has 1 aliphatic heterocycles. The Kier molecular flexibility index (Phi) is 5.01. The predicted octanol–water partition coefficient (Wildman–Crippen LogP) is 4.46. The first-order valence-electron chi connectivity index (χ1n) is 10.6. The van der Waals surface area contributed by atoms with Crippen molar-refractivity contribution < 1.29 is 19.1 Å². The maximum atomic E-state index is 14.0. The number of para-hydroxylation sites is 1. The van der Waals surface area contributed by atoms with Gasteiger partial charge in [-0.15, -0.1) is 0 Å². The van der Waals surface area contributed by atoms with Crippen LogP contribution in [0.3, 0.4) is 0 Å². The number of anilines is 2. The SMILES string of the molecule is COc1cccc(NC(=O)C2(c3c[nH]c4ccccc34)CC(=O)N2c2cccc(OC)c2)c1. The summed E-state index contributed by atoms with van der Waals surface area (Å²) in [5, 5.41) is 3.89. The molecular weight excluding hydrogens is 418 g/mol.